The Labute approximate surface area is 169 Å². The van der Waals surface area contributed by atoms with Crippen LogP contribution in [0.15, 0.2) is 31.0 Å². The van der Waals surface area contributed by atoms with Crippen LogP contribution in [0.5, 0.6) is 0 Å². The Kier molecular flexibility index (Phi) is 5.40. The van der Waals surface area contributed by atoms with Gasteiger partial charge in [-0.25, -0.2) is 4.98 Å². The first-order chi connectivity index (χ1) is 14.0. The van der Waals surface area contributed by atoms with Gasteiger partial charge >= 0.3 is 0 Å². The summed E-state index contributed by atoms with van der Waals surface area (Å²) in [5.41, 5.74) is 0.0601. The smallest absolute Gasteiger partial charge is 0.274 e. The van der Waals surface area contributed by atoms with E-state index in [0.29, 0.717) is 44.7 Å². The molecular weight excluding hydrogens is 372 g/mol. The number of fused-ring (bicyclic) bond motifs is 1. The van der Waals surface area contributed by atoms with Gasteiger partial charge in [-0.1, -0.05) is 0 Å². The number of rotatable bonds is 5. The van der Waals surface area contributed by atoms with Crippen molar-refractivity contribution in [2.24, 2.45) is 12.5 Å². The minimum absolute atomic E-state index is 0.0268. The molecule has 156 valence electrons. The molecule has 2 aromatic heterocycles. The third-order valence-electron chi connectivity index (χ3n) is 6.40. The molecule has 9 nitrogen and oxygen atoms in total. The minimum atomic E-state index is -0.346. The van der Waals surface area contributed by atoms with Crippen LogP contribution in [0.4, 0.5) is 0 Å². The van der Waals surface area contributed by atoms with Crippen molar-refractivity contribution in [2.75, 3.05) is 26.2 Å². The molecule has 0 aromatic carbocycles. The summed E-state index contributed by atoms with van der Waals surface area (Å²) in [4.78, 5) is 33.8. The molecule has 0 unspecified atom stereocenters. The number of aromatic nitrogens is 4. The monoisotopic (exact) mass is 400 g/mol. The number of hydrogen-bond acceptors (Lipinski definition) is 5. The van der Waals surface area contributed by atoms with Gasteiger partial charge in [0.1, 0.15) is 5.69 Å². The zero-order valence-corrected chi connectivity index (χ0v) is 16.8. The molecule has 2 amide bonds. The Morgan fingerprint density at radius 3 is 2.86 bits per heavy atom. The van der Waals surface area contributed by atoms with Crippen LogP contribution >= 0.6 is 0 Å². The largest absolute Gasteiger partial charge is 0.396 e. The van der Waals surface area contributed by atoms with Gasteiger partial charge in [0.25, 0.3) is 5.91 Å². The highest BCUT2D eigenvalue weighted by atomic mass is 16.3. The van der Waals surface area contributed by atoms with Crippen molar-refractivity contribution in [2.45, 2.75) is 38.3 Å². The highest BCUT2D eigenvalue weighted by Crippen LogP contribution is 2.42. The summed E-state index contributed by atoms with van der Waals surface area (Å²) >= 11 is 0. The number of likely N-dealkylation sites (tertiary alicyclic amines) is 2. The molecule has 2 aliphatic heterocycles. The molecule has 4 heterocycles. The van der Waals surface area contributed by atoms with E-state index in [-0.39, 0.29) is 29.9 Å². The van der Waals surface area contributed by atoms with Crippen LogP contribution in [0, 0.1) is 5.41 Å². The molecule has 2 atom stereocenters. The summed E-state index contributed by atoms with van der Waals surface area (Å²) in [6, 6.07) is 1.64. The summed E-state index contributed by atoms with van der Waals surface area (Å²) in [6.07, 6.45) is 9.66. The van der Waals surface area contributed by atoms with Crippen LogP contribution in [-0.4, -0.2) is 78.3 Å². The van der Waals surface area contributed by atoms with E-state index in [0.717, 1.165) is 12.8 Å². The lowest BCUT2D eigenvalue weighted by Gasteiger charge is -2.54. The van der Waals surface area contributed by atoms with Crippen molar-refractivity contribution in [3.8, 4) is 0 Å². The molecule has 0 spiro atoms. The van der Waals surface area contributed by atoms with Gasteiger partial charge in [0, 0.05) is 63.7 Å². The molecule has 0 bridgehead atoms. The van der Waals surface area contributed by atoms with Gasteiger partial charge in [-0.3, -0.25) is 14.3 Å². The van der Waals surface area contributed by atoms with Crippen LogP contribution in [0.3, 0.4) is 0 Å². The van der Waals surface area contributed by atoms with Crippen LogP contribution < -0.4 is 0 Å². The number of hydrogen-bond donors (Lipinski definition) is 1. The second-order valence-electron chi connectivity index (χ2n) is 8.17. The fraction of sp³-hybridized carbons (Fsp3) is 0.600. The highest BCUT2D eigenvalue weighted by molar-refractivity contribution is 5.92. The molecule has 9 heteroatoms. The highest BCUT2D eigenvalue weighted by Gasteiger charge is 2.49. The lowest BCUT2D eigenvalue weighted by molar-refractivity contribution is -0.139. The zero-order chi connectivity index (χ0) is 20.4. The molecule has 2 saturated heterocycles. The minimum Gasteiger partial charge on any atom is -0.396 e. The van der Waals surface area contributed by atoms with Gasteiger partial charge in [0.15, 0.2) is 0 Å². The molecule has 1 N–H and O–H groups in total. The fourth-order valence-corrected chi connectivity index (χ4v) is 4.70. The van der Waals surface area contributed by atoms with Gasteiger partial charge in [0.2, 0.25) is 5.91 Å². The van der Waals surface area contributed by atoms with Crippen molar-refractivity contribution in [3.63, 3.8) is 0 Å². The number of aliphatic hydroxyl groups is 1. The molecule has 4 rings (SSSR count). The number of amides is 2. The average molecular weight is 400 g/mol. The number of carbonyl (C=O) groups is 2. The molecule has 0 radical (unpaired) electrons. The van der Waals surface area contributed by atoms with E-state index in [1.165, 1.54) is 0 Å². The van der Waals surface area contributed by atoms with E-state index in [1.807, 2.05) is 29.1 Å². The van der Waals surface area contributed by atoms with Crippen LogP contribution in [0.1, 0.15) is 36.2 Å². The molecule has 2 aliphatic rings. The van der Waals surface area contributed by atoms with E-state index in [1.54, 1.807) is 28.0 Å². The van der Waals surface area contributed by atoms with Crippen molar-refractivity contribution in [1.82, 2.24) is 29.1 Å². The lowest BCUT2D eigenvalue weighted by atomic mass is 9.68. The first-order valence-electron chi connectivity index (χ1n) is 10.2. The van der Waals surface area contributed by atoms with Crippen molar-refractivity contribution in [3.05, 3.63) is 36.7 Å². The van der Waals surface area contributed by atoms with Crippen molar-refractivity contribution in [1.29, 1.82) is 0 Å². The number of carbonyl (C=O) groups excluding carboxylic acids is 2. The van der Waals surface area contributed by atoms with Crippen LogP contribution in [0.2, 0.25) is 0 Å². The van der Waals surface area contributed by atoms with E-state index < -0.39 is 0 Å². The topological polar surface area (TPSA) is 96.5 Å². The number of aryl methyl sites for hydroxylation is 2. The number of nitrogens with zero attached hydrogens (tertiary/aromatic N) is 6. The summed E-state index contributed by atoms with van der Waals surface area (Å²) in [7, 11) is 1.83. The Morgan fingerprint density at radius 1 is 1.31 bits per heavy atom. The molecular formula is C20H28N6O3. The normalized spacial score (nSPS) is 24.4. The van der Waals surface area contributed by atoms with Crippen molar-refractivity contribution >= 4 is 11.8 Å². The Bertz CT molecular complexity index is 863. The zero-order valence-electron chi connectivity index (χ0n) is 16.8. The van der Waals surface area contributed by atoms with Crippen molar-refractivity contribution < 1.29 is 14.7 Å². The molecule has 2 aromatic rings. The molecule has 29 heavy (non-hydrogen) atoms. The standard InChI is InChI=1S/C20H28N6O3/c1-23-12-16(21-15-23)19(29)26-9-2-5-20(14-27)6-11-24(13-17(20)26)18(28)4-10-25-8-3-7-22-25/h3,7-8,12,15,17,27H,2,4-6,9-11,13-14H2,1H3/t17-,20-/m1/s1. The Morgan fingerprint density at radius 2 is 2.17 bits per heavy atom. The maximum Gasteiger partial charge on any atom is 0.274 e. The first-order valence-corrected chi connectivity index (χ1v) is 10.2. The first kappa shape index (κ1) is 19.6. The van der Waals surface area contributed by atoms with Gasteiger partial charge in [-0.2, -0.15) is 5.10 Å². The Hall–Kier alpha value is -2.68. The second-order valence-corrected chi connectivity index (χ2v) is 8.17. The lowest BCUT2D eigenvalue weighted by Crippen LogP contribution is -2.64. The summed E-state index contributed by atoms with van der Waals surface area (Å²) in [5, 5.41) is 14.4. The van der Waals surface area contributed by atoms with Crippen LogP contribution in [-0.2, 0) is 18.4 Å². The third-order valence-corrected chi connectivity index (χ3v) is 6.40. The van der Waals surface area contributed by atoms with E-state index >= 15 is 0 Å². The molecule has 2 fully saturated rings. The van der Waals surface area contributed by atoms with E-state index in [4.69, 9.17) is 0 Å². The van der Waals surface area contributed by atoms with Gasteiger partial charge in [0.05, 0.1) is 19.0 Å². The average Bonchev–Trinajstić information content (AvgIpc) is 3.42. The Balaban J connectivity index is 1.50. The third kappa shape index (κ3) is 3.78. The maximum atomic E-state index is 13.1. The summed E-state index contributed by atoms with van der Waals surface area (Å²) in [6.45, 7) is 2.25. The summed E-state index contributed by atoms with van der Waals surface area (Å²) in [5.74, 6) is -0.0678. The quantitative estimate of drug-likeness (QED) is 0.789. The van der Waals surface area contributed by atoms with Gasteiger partial charge < -0.3 is 19.5 Å². The fourth-order valence-electron chi connectivity index (χ4n) is 4.70. The number of imidazole rings is 1. The van der Waals surface area contributed by atoms with Crippen LogP contribution in [0.25, 0.3) is 0 Å². The maximum absolute atomic E-state index is 13.1. The summed E-state index contributed by atoms with van der Waals surface area (Å²) < 4.78 is 3.50. The second kappa shape index (κ2) is 7.98. The molecule has 0 aliphatic carbocycles. The van der Waals surface area contributed by atoms with E-state index in [2.05, 4.69) is 10.1 Å². The number of piperidine rings is 2. The predicted molar refractivity (Wildman–Crippen MR) is 105 cm³/mol. The predicted octanol–water partition coefficient (Wildman–Crippen LogP) is 0.523. The van der Waals surface area contributed by atoms with Gasteiger partial charge in [-0.05, 0) is 25.3 Å². The number of aliphatic hydroxyl groups excluding tert-OH is 1. The SMILES string of the molecule is Cn1cnc(C(=O)N2CCC[C@]3(CO)CCN(C(=O)CCn4cccn4)C[C@@H]23)c1. The molecule has 0 saturated carbocycles. The van der Waals surface area contributed by atoms with Gasteiger partial charge in [-0.15, -0.1) is 0 Å². The van der Waals surface area contributed by atoms with E-state index in [9.17, 15) is 14.7 Å².